The van der Waals surface area contributed by atoms with Crippen LogP contribution in [0.15, 0.2) is 18.2 Å². The summed E-state index contributed by atoms with van der Waals surface area (Å²) in [6, 6.07) is 4.18. The fourth-order valence-corrected chi connectivity index (χ4v) is 1.39. The zero-order valence-corrected chi connectivity index (χ0v) is 7.77. The van der Waals surface area contributed by atoms with E-state index in [0.717, 1.165) is 0 Å². The van der Waals surface area contributed by atoms with Crippen LogP contribution in [0.1, 0.15) is 0 Å². The van der Waals surface area contributed by atoms with Crippen molar-refractivity contribution < 1.29 is 19.0 Å². The molecular weight excluding hydrogens is 203 g/mol. The summed E-state index contributed by atoms with van der Waals surface area (Å²) in [5.74, 6) is -0.558. The third-order valence-electron chi connectivity index (χ3n) is 1.99. The number of rotatable bonds is 1. The normalized spacial score (nSPS) is 10.5. The predicted octanol–water partition coefficient (Wildman–Crippen LogP) is 1.71. The first-order valence-electron chi connectivity index (χ1n) is 4.09. The molecule has 0 saturated carbocycles. The number of benzene rings is 1. The molecule has 0 amide bonds. The summed E-state index contributed by atoms with van der Waals surface area (Å²) in [7, 11) is 1.35. The van der Waals surface area contributed by atoms with Crippen LogP contribution >= 0.6 is 0 Å². The fraction of sp³-hybridized carbons (Fsp3) is 0.111. The van der Waals surface area contributed by atoms with Gasteiger partial charge in [0.25, 0.3) is 0 Å². The van der Waals surface area contributed by atoms with Gasteiger partial charge in [-0.15, -0.1) is 5.10 Å². The smallest absolute Gasteiger partial charge is 0.433 e. The van der Waals surface area contributed by atoms with Crippen LogP contribution in [0, 0.1) is 5.82 Å². The molecular formula is C9H7FN2O3. The van der Waals surface area contributed by atoms with Crippen molar-refractivity contribution in [1.82, 2.24) is 9.78 Å². The Morgan fingerprint density at radius 2 is 2.33 bits per heavy atom. The van der Waals surface area contributed by atoms with Gasteiger partial charge in [0, 0.05) is 0 Å². The molecule has 0 aliphatic heterocycles. The quantitative estimate of drug-likeness (QED) is 0.778. The maximum absolute atomic E-state index is 13.4. The molecule has 0 radical (unpaired) electrons. The number of nitrogens with zero attached hydrogens (tertiary/aromatic N) is 2. The second-order valence-corrected chi connectivity index (χ2v) is 2.84. The van der Waals surface area contributed by atoms with Gasteiger partial charge < -0.3 is 9.84 Å². The Kier molecular flexibility index (Phi) is 2.03. The van der Waals surface area contributed by atoms with Crippen molar-refractivity contribution in [1.29, 1.82) is 0 Å². The largest absolute Gasteiger partial charge is 0.479 e. The molecule has 78 valence electrons. The zero-order chi connectivity index (χ0) is 11.0. The van der Waals surface area contributed by atoms with E-state index in [4.69, 9.17) is 9.84 Å². The molecule has 0 unspecified atom stereocenters. The van der Waals surface area contributed by atoms with E-state index in [0.29, 0.717) is 10.1 Å². The highest BCUT2D eigenvalue weighted by Gasteiger charge is 2.18. The Hall–Kier alpha value is -2.11. The standard InChI is InChI=1S/C9H7FN2O3/c1-15-8-5-3-2-4-6(10)7(5)12(11-8)9(13)14/h2-4H,1H3,(H,13,14). The van der Waals surface area contributed by atoms with E-state index in [1.165, 1.54) is 19.2 Å². The van der Waals surface area contributed by atoms with Crippen molar-refractivity contribution in [2.75, 3.05) is 7.11 Å². The molecule has 0 bridgehead atoms. The van der Waals surface area contributed by atoms with Gasteiger partial charge >= 0.3 is 6.09 Å². The molecule has 6 heteroatoms. The lowest BCUT2D eigenvalue weighted by molar-refractivity contribution is 0.193. The highest BCUT2D eigenvalue weighted by molar-refractivity contribution is 5.91. The van der Waals surface area contributed by atoms with Gasteiger partial charge in [-0.05, 0) is 12.1 Å². The van der Waals surface area contributed by atoms with Gasteiger partial charge in [-0.3, -0.25) is 0 Å². The molecule has 0 atom stereocenters. The summed E-state index contributed by atoms with van der Waals surface area (Å²) in [6.07, 6.45) is -1.35. The average molecular weight is 210 g/mol. The fourth-order valence-electron chi connectivity index (χ4n) is 1.39. The van der Waals surface area contributed by atoms with Crippen LogP contribution in [-0.2, 0) is 0 Å². The first-order valence-corrected chi connectivity index (χ1v) is 4.09. The lowest BCUT2D eigenvalue weighted by Crippen LogP contribution is -2.10. The zero-order valence-electron chi connectivity index (χ0n) is 7.77. The number of carbonyl (C=O) groups is 1. The highest BCUT2D eigenvalue weighted by atomic mass is 19.1. The Balaban J connectivity index is 2.88. The maximum Gasteiger partial charge on any atom is 0.433 e. The van der Waals surface area contributed by atoms with Crippen LogP contribution in [0.2, 0.25) is 0 Å². The number of hydrogen-bond acceptors (Lipinski definition) is 3. The lowest BCUT2D eigenvalue weighted by Gasteiger charge is -1.95. The lowest BCUT2D eigenvalue weighted by atomic mass is 10.2. The van der Waals surface area contributed by atoms with E-state index >= 15 is 0 Å². The van der Waals surface area contributed by atoms with Gasteiger partial charge in [-0.25, -0.2) is 9.18 Å². The van der Waals surface area contributed by atoms with Crippen LogP contribution in [0.25, 0.3) is 10.9 Å². The Bertz CT molecular complexity index is 535. The van der Waals surface area contributed by atoms with Crippen LogP contribution in [0.5, 0.6) is 5.88 Å². The number of ether oxygens (including phenoxy) is 1. The molecule has 0 aliphatic carbocycles. The van der Waals surface area contributed by atoms with E-state index in [9.17, 15) is 9.18 Å². The molecule has 0 saturated heterocycles. The van der Waals surface area contributed by atoms with Gasteiger partial charge in [0.15, 0.2) is 0 Å². The third kappa shape index (κ3) is 1.30. The van der Waals surface area contributed by atoms with Crippen molar-refractivity contribution >= 4 is 17.0 Å². The number of para-hydroxylation sites is 1. The third-order valence-corrected chi connectivity index (χ3v) is 1.99. The van der Waals surface area contributed by atoms with E-state index in [1.807, 2.05) is 0 Å². The monoisotopic (exact) mass is 210 g/mol. The van der Waals surface area contributed by atoms with Crippen molar-refractivity contribution in [3.05, 3.63) is 24.0 Å². The summed E-state index contributed by atoms with van der Waals surface area (Å²) < 4.78 is 18.8. The van der Waals surface area contributed by atoms with Gasteiger partial charge in [-0.2, -0.15) is 4.68 Å². The number of fused-ring (bicyclic) bond motifs is 1. The van der Waals surface area contributed by atoms with Crippen molar-refractivity contribution in [2.45, 2.75) is 0 Å². The Morgan fingerprint density at radius 1 is 1.60 bits per heavy atom. The minimum atomic E-state index is -1.35. The Labute approximate surface area is 83.7 Å². The first-order chi connectivity index (χ1) is 7.15. The summed E-state index contributed by atoms with van der Waals surface area (Å²) in [5.41, 5.74) is -0.0955. The second kappa shape index (κ2) is 3.23. The molecule has 0 spiro atoms. The summed E-state index contributed by atoms with van der Waals surface area (Å²) in [4.78, 5) is 10.8. The topological polar surface area (TPSA) is 64.4 Å². The molecule has 5 nitrogen and oxygen atoms in total. The van der Waals surface area contributed by atoms with Crippen molar-refractivity contribution in [2.24, 2.45) is 0 Å². The molecule has 15 heavy (non-hydrogen) atoms. The summed E-state index contributed by atoms with van der Waals surface area (Å²) in [5, 5.41) is 12.8. The van der Waals surface area contributed by atoms with Crippen LogP contribution in [0.3, 0.4) is 0 Å². The molecule has 1 N–H and O–H groups in total. The van der Waals surface area contributed by atoms with E-state index in [2.05, 4.69) is 5.10 Å². The first kappa shape index (κ1) is 9.45. The number of halogens is 1. The van der Waals surface area contributed by atoms with Gasteiger partial charge in [0.05, 0.1) is 12.5 Å². The van der Waals surface area contributed by atoms with Crippen LogP contribution in [-0.4, -0.2) is 28.1 Å². The minimum absolute atomic E-state index is 0.0897. The number of aromatic nitrogens is 2. The molecule has 1 aromatic heterocycles. The summed E-state index contributed by atoms with van der Waals surface area (Å²) in [6.45, 7) is 0. The number of carboxylic acid groups (broad SMARTS) is 1. The Morgan fingerprint density at radius 3 is 2.93 bits per heavy atom. The molecule has 0 fully saturated rings. The maximum atomic E-state index is 13.4. The van der Waals surface area contributed by atoms with E-state index in [1.54, 1.807) is 6.07 Å². The number of methoxy groups -OCH3 is 1. The van der Waals surface area contributed by atoms with Crippen LogP contribution < -0.4 is 4.74 Å². The SMILES string of the molecule is COc1nn(C(=O)O)c2c(F)cccc12. The van der Waals surface area contributed by atoms with E-state index < -0.39 is 11.9 Å². The number of hydrogen-bond donors (Lipinski definition) is 1. The van der Waals surface area contributed by atoms with E-state index in [-0.39, 0.29) is 11.4 Å². The van der Waals surface area contributed by atoms with Crippen molar-refractivity contribution in [3.8, 4) is 5.88 Å². The molecule has 2 aromatic rings. The second-order valence-electron chi connectivity index (χ2n) is 2.84. The van der Waals surface area contributed by atoms with Gasteiger partial charge in [0.2, 0.25) is 5.88 Å². The minimum Gasteiger partial charge on any atom is -0.479 e. The van der Waals surface area contributed by atoms with Gasteiger partial charge in [0.1, 0.15) is 11.3 Å². The highest BCUT2D eigenvalue weighted by Crippen LogP contribution is 2.26. The molecule has 0 aliphatic rings. The summed E-state index contributed by atoms with van der Waals surface area (Å²) >= 11 is 0. The predicted molar refractivity (Wildman–Crippen MR) is 49.7 cm³/mol. The van der Waals surface area contributed by atoms with Crippen molar-refractivity contribution in [3.63, 3.8) is 0 Å². The average Bonchev–Trinajstić information content (AvgIpc) is 2.58. The molecule has 1 heterocycles. The molecule has 2 rings (SSSR count). The van der Waals surface area contributed by atoms with Gasteiger partial charge in [-0.1, -0.05) is 6.07 Å². The van der Waals surface area contributed by atoms with Crippen LogP contribution in [0.4, 0.5) is 9.18 Å². The molecule has 1 aromatic carbocycles.